The van der Waals surface area contributed by atoms with Crippen molar-refractivity contribution in [3.63, 3.8) is 0 Å². The molecule has 0 bridgehead atoms. The molecule has 4 heteroatoms. The molecule has 1 rings (SSSR count). The van der Waals surface area contributed by atoms with E-state index in [2.05, 4.69) is 0 Å². The fourth-order valence-electron chi connectivity index (χ4n) is 1.58. The number of hydrogen-bond acceptors (Lipinski definition) is 3. The monoisotopic (exact) mass is 231 g/mol. The lowest BCUT2D eigenvalue weighted by Crippen LogP contribution is -2.20. The SMILES string of the molecule is N#CCC(=O)C[C@@H](Cc1ccccc1)C(=O)O. The summed E-state index contributed by atoms with van der Waals surface area (Å²) in [6, 6.07) is 10.9. The number of rotatable bonds is 6. The molecule has 0 heterocycles. The standard InChI is InChI=1S/C13H13NO3/c14-7-6-12(15)9-11(13(16)17)8-10-4-2-1-3-5-10/h1-5,11H,6,8-9H2,(H,16,17)/t11-/m1/s1. The van der Waals surface area contributed by atoms with Crippen LogP contribution < -0.4 is 0 Å². The average Bonchev–Trinajstić information content (AvgIpc) is 2.29. The summed E-state index contributed by atoms with van der Waals surface area (Å²) >= 11 is 0. The van der Waals surface area contributed by atoms with Gasteiger partial charge in [0.15, 0.2) is 0 Å². The number of ketones is 1. The highest BCUT2D eigenvalue weighted by atomic mass is 16.4. The summed E-state index contributed by atoms with van der Waals surface area (Å²) in [6.45, 7) is 0. The Bertz CT molecular complexity index is 434. The van der Waals surface area contributed by atoms with Gasteiger partial charge in [-0.05, 0) is 12.0 Å². The molecule has 1 aromatic carbocycles. The van der Waals surface area contributed by atoms with Crippen LogP contribution in [0, 0.1) is 17.2 Å². The van der Waals surface area contributed by atoms with Crippen LogP contribution in [-0.2, 0) is 16.0 Å². The summed E-state index contributed by atoms with van der Waals surface area (Å²) in [4.78, 5) is 22.3. The van der Waals surface area contributed by atoms with Crippen molar-refractivity contribution in [2.75, 3.05) is 0 Å². The van der Waals surface area contributed by atoms with E-state index in [1.165, 1.54) is 0 Å². The van der Waals surface area contributed by atoms with Crippen LogP contribution in [0.1, 0.15) is 18.4 Å². The minimum Gasteiger partial charge on any atom is -0.481 e. The van der Waals surface area contributed by atoms with E-state index in [1.54, 1.807) is 6.07 Å². The third-order valence-electron chi connectivity index (χ3n) is 2.42. The van der Waals surface area contributed by atoms with Crippen molar-refractivity contribution in [3.8, 4) is 6.07 Å². The highest BCUT2D eigenvalue weighted by molar-refractivity contribution is 5.85. The van der Waals surface area contributed by atoms with Crippen LogP contribution in [0.15, 0.2) is 30.3 Å². The van der Waals surface area contributed by atoms with Gasteiger partial charge in [-0.1, -0.05) is 30.3 Å². The van der Waals surface area contributed by atoms with Gasteiger partial charge in [-0.2, -0.15) is 5.26 Å². The number of nitriles is 1. The number of Topliss-reactive ketones (excluding diaryl/α,β-unsaturated/α-hetero) is 1. The summed E-state index contributed by atoms with van der Waals surface area (Å²) in [5, 5.41) is 17.4. The summed E-state index contributed by atoms with van der Waals surface area (Å²) in [5.74, 6) is -2.07. The van der Waals surface area contributed by atoms with E-state index in [9.17, 15) is 9.59 Å². The summed E-state index contributed by atoms with van der Waals surface area (Å²) in [5.41, 5.74) is 0.879. The van der Waals surface area contributed by atoms with Gasteiger partial charge in [0.25, 0.3) is 0 Å². The van der Waals surface area contributed by atoms with E-state index in [1.807, 2.05) is 30.3 Å². The van der Waals surface area contributed by atoms with Crippen LogP contribution in [0.2, 0.25) is 0 Å². The van der Waals surface area contributed by atoms with E-state index < -0.39 is 11.9 Å². The number of nitrogens with zero attached hydrogens (tertiary/aromatic N) is 1. The second-order valence-electron chi connectivity index (χ2n) is 3.80. The van der Waals surface area contributed by atoms with Crippen molar-refractivity contribution in [1.82, 2.24) is 0 Å². The summed E-state index contributed by atoms with van der Waals surface area (Å²) in [7, 11) is 0. The van der Waals surface area contributed by atoms with Crippen molar-refractivity contribution >= 4 is 11.8 Å². The van der Waals surface area contributed by atoms with Crippen molar-refractivity contribution in [1.29, 1.82) is 5.26 Å². The predicted octanol–water partition coefficient (Wildman–Crippen LogP) is 1.80. The van der Waals surface area contributed by atoms with Crippen LogP contribution in [0.25, 0.3) is 0 Å². The molecule has 0 amide bonds. The van der Waals surface area contributed by atoms with Gasteiger partial charge in [0.1, 0.15) is 5.78 Å². The zero-order valence-corrected chi connectivity index (χ0v) is 9.30. The first-order chi connectivity index (χ1) is 8.13. The van der Waals surface area contributed by atoms with E-state index in [0.717, 1.165) is 5.56 Å². The number of carbonyl (C=O) groups is 2. The van der Waals surface area contributed by atoms with Gasteiger partial charge in [0.2, 0.25) is 0 Å². The smallest absolute Gasteiger partial charge is 0.307 e. The van der Waals surface area contributed by atoms with Crippen LogP contribution in [0.3, 0.4) is 0 Å². The van der Waals surface area contributed by atoms with Gasteiger partial charge >= 0.3 is 5.97 Å². The van der Waals surface area contributed by atoms with E-state index in [0.29, 0.717) is 6.42 Å². The average molecular weight is 231 g/mol. The van der Waals surface area contributed by atoms with Crippen LogP contribution in [0.4, 0.5) is 0 Å². The number of carboxylic acids is 1. The minimum absolute atomic E-state index is 0.0855. The molecule has 17 heavy (non-hydrogen) atoms. The molecule has 1 N–H and O–H groups in total. The van der Waals surface area contributed by atoms with E-state index in [4.69, 9.17) is 10.4 Å². The Kier molecular flexibility index (Phi) is 4.89. The van der Waals surface area contributed by atoms with Crippen LogP contribution in [-0.4, -0.2) is 16.9 Å². The fourth-order valence-corrected chi connectivity index (χ4v) is 1.58. The zero-order valence-electron chi connectivity index (χ0n) is 9.30. The molecule has 0 aliphatic rings. The molecule has 0 aromatic heterocycles. The zero-order chi connectivity index (χ0) is 12.7. The number of carboxylic acid groups (broad SMARTS) is 1. The number of hydrogen-bond donors (Lipinski definition) is 1. The lowest BCUT2D eigenvalue weighted by molar-refractivity contribution is -0.143. The van der Waals surface area contributed by atoms with Gasteiger partial charge in [0, 0.05) is 6.42 Å². The highest BCUT2D eigenvalue weighted by Crippen LogP contribution is 2.14. The predicted molar refractivity (Wildman–Crippen MR) is 61.1 cm³/mol. The molecule has 88 valence electrons. The fraction of sp³-hybridized carbons (Fsp3) is 0.308. The molecule has 4 nitrogen and oxygen atoms in total. The first-order valence-corrected chi connectivity index (χ1v) is 5.29. The molecule has 1 aromatic rings. The molecule has 0 spiro atoms. The van der Waals surface area contributed by atoms with Gasteiger partial charge in [0.05, 0.1) is 18.4 Å². The molecule has 0 saturated heterocycles. The number of aliphatic carboxylic acids is 1. The molecule has 0 fully saturated rings. The minimum atomic E-state index is -1.000. The van der Waals surface area contributed by atoms with E-state index >= 15 is 0 Å². The second-order valence-corrected chi connectivity index (χ2v) is 3.80. The lowest BCUT2D eigenvalue weighted by atomic mass is 9.94. The Morgan fingerprint density at radius 3 is 2.47 bits per heavy atom. The van der Waals surface area contributed by atoms with Crippen molar-refractivity contribution < 1.29 is 14.7 Å². The Hall–Kier alpha value is -2.15. The molecule has 0 radical (unpaired) electrons. The Balaban J connectivity index is 2.65. The number of carbonyl (C=O) groups excluding carboxylic acids is 1. The molecule has 0 aliphatic carbocycles. The number of benzene rings is 1. The maximum Gasteiger partial charge on any atom is 0.307 e. The topological polar surface area (TPSA) is 78.2 Å². The lowest BCUT2D eigenvalue weighted by Gasteiger charge is -2.10. The summed E-state index contributed by atoms with van der Waals surface area (Å²) < 4.78 is 0. The molecule has 0 aliphatic heterocycles. The largest absolute Gasteiger partial charge is 0.481 e. The van der Waals surface area contributed by atoms with Gasteiger partial charge in [-0.15, -0.1) is 0 Å². The third-order valence-corrected chi connectivity index (χ3v) is 2.42. The second kappa shape index (κ2) is 6.44. The van der Waals surface area contributed by atoms with Gasteiger partial charge in [-0.25, -0.2) is 0 Å². The molecular weight excluding hydrogens is 218 g/mol. The maximum atomic E-state index is 11.3. The Morgan fingerprint density at radius 1 is 1.29 bits per heavy atom. The van der Waals surface area contributed by atoms with Crippen molar-refractivity contribution in [3.05, 3.63) is 35.9 Å². The van der Waals surface area contributed by atoms with Crippen LogP contribution in [0.5, 0.6) is 0 Å². The molecule has 1 atom stereocenters. The maximum absolute atomic E-state index is 11.3. The Morgan fingerprint density at radius 2 is 1.94 bits per heavy atom. The molecule has 0 saturated carbocycles. The first-order valence-electron chi connectivity index (χ1n) is 5.29. The summed E-state index contributed by atoms with van der Waals surface area (Å²) in [6.07, 6.45) is 0.00367. The quantitative estimate of drug-likeness (QED) is 0.809. The third kappa shape index (κ3) is 4.47. The van der Waals surface area contributed by atoms with Gasteiger partial charge in [-0.3, -0.25) is 9.59 Å². The molecular formula is C13H13NO3. The first kappa shape index (κ1) is 12.9. The van der Waals surface area contributed by atoms with E-state index in [-0.39, 0.29) is 18.6 Å². The normalized spacial score (nSPS) is 11.5. The van der Waals surface area contributed by atoms with Crippen LogP contribution >= 0.6 is 0 Å². The van der Waals surface area contributed by atoms with Gasteiger partial charge < -0.3 is 5.11 Å². The molecule has 0 unspecified atom stereocenters. The Labute approximate surface area is 99.5 Å². The van der Waals surface area contributed by atoms with Crippen molar-refractivity contribution in [2.24, 2.45) is 5.92 Å². The highest BCUT2D eigenvalue weighted by Gasteiger charge is 2.21. The van der Waals surface area contributed by atoms with Crippen molar-refractivity contribution in [2.45, 2.75) is 19.3 Å².